The first-order valence-electron chi connectivity index (χ1n) is 5.10. The molecule has 0 amide bonds. The summed E-state index contributed by atoms with van der Waals surface area (Å²) in [4.78, 5) is 13.2. The van der Waals surface area contributed by atoms with E-state index in [0.29, 0.717) is 0 Å². The second-order valence-corrected chi connectivity index (χ2v) is 6.05. The molecule has 0 saturated carbocycles. The van der Waals surface area contributed by atoms with Crippen LogP contribution in [0.5, 0.6) is 0 Å². The van der Waals surface area contributed by atoms with Gasteiger partial charge in [-0.3, -0.25) is 4.79 Å². The molecule has 0 aliphatic rings. The Morgan fingerprint density at radius 3 is 2.11 bits per heavy atom. The zero-order valence-electron chi connectivity index (χ0n) is 10.3. The van der Waals surface area contributed by atoms with Crippen LogP contribution in [-0.2, 0) is 9.84 Å². The molecule has 0 aliphatic carbocycles. The van der Waals surface area contributed by atoms with Crippen molar-refractivity contribution in [3.05, 3.63) is 46.8 Å². The third-order valence-electron chi connectivity index (χ3n) is 2.11. The van der Waals surface area contributed by atoms with E-state index in [1.54, 1.807) is 14.1 Å². The van der Waals surface area contributed by atoms with Crippen LogP contribution in [0.25, 0.3) is 0 Å². The molecule has 98 valence electrons. The molecule has 0 fully saturated rings. The van der Waals surface area contributed by atoms with E-state index in [9.17, 15) is 17.6 Å². The summed E-state index contributed by atoms with van der Waals surface area (Å²) < 4.78 is 35.9. The van der Waals surface area contributed by atoms with E-state index in [4.69, 9.17) is 0 Å². The van der Waals surface area contributed by atoms with Gasteiger partial charge in [0.2, 0.25) is 5.78 Å². The molecule has 0 saturated heterocycles. The lowest BCUT2D eigenvalue weighted by molar-refractivity contribution is 0.104. The molecule has 1 aromatic rings. The number of halogens is 1. The molecule has 0 heterocycles. The number of carbonyl (C=O) groups is 1. The molecule has 1 rings (SSSR count). The van der Waals surface area contributed by atoms with Crippen LogP contribution in [0.1, 0.15) is 10.4 Å². The Morgan fingerprint density at radius 2 is 1.72 bits per heavy atom. The lowest BCUT2D eigenvalue weighted by Gasteiger charge is -2.09. The highest BCUT2D eigenvalue weighted by Crippen LogP contribution is 2.14. The molecule has 6 heteroatoms. The standard InChI is InChI=1S/C12H14FNO3S/c1-14(2)8-11(18(3,16)17)12(15)9-4-6-10(13)7-5-9/h4-8H,1-3H3/b11-8+. The fourth-order valence-electron chi connectivity index (χ4n) is 1.30. The van der Waals surface area contributed by atoms with Crippen LogP contribution in [0.3, 0.4) is 0 Å². The third-order valence-corrected chi connectivity index (χ3v) is 3.19. The fraction of sp³-hybridized carbons (Fsp3) is 0.250. The van der Waals surface area contributed by atoms with E-state index in [1.807, 2.05) is 0 Å². The van der Waals surface area contributed by atoms with Gasteiger partial charge in [-0.2, -0.15) is 0 Å². The van der Waals surface area contributed by atoms with Gasteiger partial charge in [0.1, 0.15) is 10.7 Å². The summed E-state index contributed by atoms with van der Waals surface area (Å²) in [6.45, 7) is 0. The minimum atomic E-state index is -3.64. The Morgan fingerprint density at radius 1 is 1.22 bits per heavy atom. The van der Waals surface area contributed by atoms with Gasteiger partial charge >= 0.3 is 0 Å². The molecular formula is C12H14FNO3S. The van der Waals surface area contributed by atoms with Gasteiger partial charge in [-0.05, 0) is 24.3 Å². The van der Waals surface area contributed by atoms with Crippen LogP contribution >= 0.6 is 0 Å². The quantitative estimate of drug-likeness (QED) is 0.614. The number of nitrogens with zero attached hydrogens (tertiary/aromatic N) is 1. The number of benzene rings is 1. The number of sulfone groups is 1. The van der Waals surface area contributed by atoms with Crippen LogP contribution in [0, 0.1) is 5.82 Å². The highest BCUT2D eigenvalue weighted by Gasteiger charge is 2.22. The van der Waals surface area contributed by atoms with Gasteiger partial charge in [-0.25, -0.2) is 12.8 Å². The first kappa shape index (κ1) is 14.4. The van der Waals surface area contributed by atoms with Gasteiger partial charge in [0.25, 0.3) is 0 Å². The van der Waals surface area contributed by atoms with Crippen molar-refractivity contribution in [3.8, 4) is 0 Å². The summed E-state index contributed by atoms with van der Waals surface area (Å²) >= 11 is 0. The van der Waals surface area contributed by atoms with Crippen LogP contribution in [0.4, 0.5) is 4.39 Å². The fourth-order valence-corrected chi connectivity index (χ4v) is 2.16. The second-order valence-electron chi connectivity index (χ2n) is 4.07. The van der Waals surface area contributed by atoms with E-state index in [0.717, 1.165) is 18.4 Å². The predicted molar refractivity (Wildman–Crippen MR) is 67.3 cm³/mol. The minimum absolute atomic E-state index is 0.134. The average molecular weight is 271 g/mol. The zero-order valence-corrected chi connectivity index (χ0v) is 11.2. The molecule has 0 N–H and O–H groups in total. The Hall–Kier alpha value is -1.69. The number of rotatable bonds is 4. The number of Topliss-reactive ketones (excluding diaryl/α,β-unsaturated/α-hetero) is 1. The van der Waals surface area contributed by atoms with Crippen molar-refractivity contribution in [3.63, 3.8) is 0 Å². The van der Waals surface area contributed by atoms with Gasteiger partial charge in [0.05, 0.1) is 0 Å². The monoisotopic (exact) mass is 271 g/mol. The molecule has 0 atom stereocenters. The second kappa shape index (κ2) is 5.30. The molecule has 0 spiro atoms. The van der Waals surface area contributed by atoms with Gasteiger partial charge in [-0.15, -0.1) is 0 Å². The summed E-state index contributed by atoms with van der Waals surface area (Å²) in [5.74, 6) is -1.13. The Labute approximate surface area is 106 Å². The Balaban J connectivity index is 3.24. The van der Waals surface area contributed by atoms with Crippen molar-refractivity contribution in [2.24, 2.45) is 0 Å². The van der Waals surface area contributed by atoms with Crippen molar-refractivity contribution < 1.29 is 17.6 Å². The normalized spacial score (nSPS) is 12.3. The number of ketones is 1. The minimum Gasteiger partial charge on any atom is -0.382 e. The zero-order chi connectivity index (χ0) is 13.9. The van der Waals surface area contributed by atoms with Gasteiger partial charge in [0, 0.05) is 32.1 Å². The third kappa shape index (κ3) is 3.66. The van der Waals surface area contributed by atoms with Crippen molar-refractivity contribution in [2.75, 3.05) is 20.4 Å². The summed E-state index contributed by atoms with van der Waals surface area (Å²) in [7, 11) is -0.413. The first-order chi connectivity index (χ1) is 8.21. The molecule has 0 unspecified atom stereocenters. The Kier molecular flexibility index (Phi) is 4.24. The maximum absolute atomic E-state index is 12.7. The highest BCUT2D eigenvalue weighted by molar-refractivity contribution is 7.95. The number of allylic oxidation sites excluding steroid dienone is 1. The van der Waals surface area contributed by atoms with E-state index < -0.39 is 21.4 Å². The number of hydrogen-bond acceptors (Lipinski definition) is 4. The van der Waals surface area contributed by atoms with Crippen molar-refractivity contribution in [1.29, 1.82) is 0 Å². The molecule has 18 heavy (non-hydrogen) atoms. The topological polar surface area (TPSA) is 54.5 Å². The van der Waals surface area contributed by atoms with Gasteiger partial charge in [0.15, 0.2) is 9.84 Å². The van der Waals surface area contributed by atoms with Gasteiger partial charge < -0.3 is 4.90 Å². The summed E-state index contributed by atoms with van der Waals surface area (Å²) in [5, 5.41) is 0. The summed E-state index contributed by atoms with van der Waals surface area (Å²) in [5.41, 5.74) is 0.134. The Bertz CT molecular complexity index is 574. The van der Waals surface area contributed by atoms with Crippen LogP contribution in [0.2, 0.25) is 0 Å². The first-order valence-corrected chi connectivity index (χ1v) is 6.99. The van der Waals surface area contributed by atoms with E-state index in [-0.39, 0.29) is 10.5 Å². The number of carbonyl (C=O) groups excluding carboxylic acids is 1. The summed E-state index contributed by atoms with van der Waals surface area (Å²) in [6.07, 6.45) is 2.20. The average Bonchev–Trinajstić information content (AvgIpc) is 2.24. The molecule has 0 aromatic heterocycles. The largest absolute Gasteiger partial charge is 0.382 e. The molecule has 4 nitrogen and oxygen atoms in total. The lowest BCUT2D eigenvalue weighted by atomic mass is 10.1. The van der Waals surface area contributed by atoms with Crippen molar-refractivity contribution in [2.45, 2.75) is 0 Å². The van der Waals surface area contributed by atoms with E-state index in [2.05, 4.69) is 0 Å². The molecule has 0 aliphatic heterocycles. The number of hydrogen-bond donors (Lipinski definition) is 0. The predicted octanol–water partition coefficient (Wildman–Crippen LogP) is 1.46. The lowest BCUT2D eigenvalue weighted by Crippen LogP contribution is -2.16. The SMILES string of the molecule is CN(C)/C=C(\C(=O)c1ccc(F)cc1)S(C)(=O)=O. The maximum Gasteiger partial charge on any atom is 0.205 e. The van der Waals surface area contributed by atoms with E-state index in [1.165, 1.54) is 23.2 Å². The van der Waals surface area contributed by atoms with Gasteiger partial charge in [-0.1, -0.05) is 0 Å². The van der Waals surface area contributed by atoms with E-state index >= 15 is 0 Å². The summed E-state index contributed by atoms with van der Waals surface area (Å²) in [6, 6.07) is 4.74. The van der Waals surface area contributed by atoms with Crippen molar-refractivity contribution >= 4 is 15.6 Å². The van der Waals surface area contributed by atoms with Crippen LogP contribution in [0.15, 0.2) is 35.4 Å². The van der Waals surface area contributed by atoms with Crippen LogP contribution < -0.4 is 0 Å². The molecule has 0 bridgehead atoms. The van der Waals surface area contributed by atoms with Crippen LogP contribution in [-0.4, -0.2) is 39.5 Å². The smallest absolute Gasteiger partial charge is 0.205 e. The molecule has 0 radical (unpaired) electrons. The maximum atomic E-state index is 12.7. The molecular weight excluding hydrogens is 257 g/mol. The highest BCUT2D eigenvalue weighted by atomic mass is 32.2. The molecule has 1 aromatic carbocycles. The van der Waals surface area contributed by atoms with Crippen molar-refractivity contribution in [1.82, 2.24) is 4.90 Å².